The van der Waals surface area contributed by atoms with Crippen LogP contribution in [0.1, 0.15) is 18.6 Å². The normalized spacial score (nSPS) is 11.9. The zero-order valence-corrected chi connectivity index (χ0v) is 12.7. The van der Waals surface area contributed by atoms with Crippen LogP contribution in [-0.4, -0.2) is 19.7 Å². The van der Waals surface area contributed by atoms with Crippen LogP contribution in [0, 0.1) is 15.9 Å². The van der Waals surface area contributed by atoms with Gasteiger partial charge in [-0.25, -0.2) is 9.07 Å². The van der Waals surface area contributed by atoms with E-state index >= 15 is 0 Å². The summed E-state index contributed by atoms with van der Waals surface area (Å²) in [5, 5.41) is 15.2. The predicted octanol–water partition coefficient (Wildman–Crippen LogP) is 3.45. The van der Waals surface area contributed by atoms with Crippen LogP contribution >= 0.6 is 0 Å². The number of ether oxygens (including phenoxy) is 1. The van der Waals surface area contributed by atoms with E-state index in [4.69, 9.17) is 4.74 Å². The molecule has 122 valence electrons. The van der Waals surface area contributed by atoms with Crippen LogP contribution < -0.4 is 4.74 Å². The highest BCUT2D eigenvalue weighted by molar-refractivity contribution is 5.44. The van der Waals surface area contributed by atoms with Gasteiger partial charge in [0.05, 0.1) is 5.69 Å². The molecule has 0 spiro atoms. The maximum atomic E-state index is 13.7. The number of rotatable bonds is 5. The molecule has 2 aromatic heterocycles. The van der Waals surface area contributed by atoms with Gasteiger partial charge in [-0.05, 0) is 53.2 Å². The molecule has 3 rings (SSSR count). The van der Waals surface area contributed by atoms with E-state index in [0.717, 1.165) is 0 Å². The average molecular weight is 328 g/mol. The maximum Gasteiger partial charge on any atom is 0.406 e. The van der Waals surface area contributed by atoms with Crippen molar-refractivity contribution in [2.45, 2.75) is 13.0 Å². The van der Waals surface area contributed by atoms with E-state index in [9.17, 15) is 14.5 Å². The lowest BCUT2D eigenvalue weighted by Gasteiger charge is -2.18. The number of aromatic nitrogens is 3. The van der Waals surface area contributed by atoms with Crippen molar-refractivity contribution in [3.63, 3.8) is 0 Å². The van der Waals surface area contributed by atoms with E-state index in [2.05, 4.69) is 10.1 Å². The summed E-state index contributed by atoms with van der Waals surface area (Å²) in [6.07, 6.45) is 3.98. The Morgan fingerprint density at radius 3 is 2.83 bits per heavy atom. The third-order valence-corrected chi connectivity index (χ3v) is 3.41. The summed E-state index contributed by atoms with van der Waals surface area (Å²) >= 11 is 0. The number of halogens is 1. The molecule has 2 heterocycles. The first-order chi connectivity index (χ1) is 11.6. The molecule has 0 bridgehead atoms. The first-order valence-corrected chi connectivity index (χ1v) is 7.12. The molecule has 0 saturated carbocycles. The van der Waals surface area contributed by atoms with Crippen LogP contribution in [-0.2, 0) is 0 Å². The summed E-state index contributed by atoms with van der Waals surface area (Å²) in [4.78, 5) is 14.1. The molecular weight excluding hydrogens is 315 g/mol. The van der Waals surface area contributed by atoms with Crippen LogP contribution in [0.4, 0.5) is 10.2 Å². The zero-order chi connectivity index (χ0) is 17.1. The molecule has 0 aliphatic rings. The third-order valence-electron chi connectivity index (χ3n) is 3.41. The highest BCUT2D eigenvalue weighted by Gasteiger charge is 2.21. The Kier molecular flexibility index (Phi) is 4.19. The van der Waals surface area contributed by atoms with E-state index in [1.54, 1.807) is 36.1 Å². The van der Waals surface area contributed by atoms with Crippen molar-refractivity contribution >= 4 is 5.82 Å². The second-order valence-electron chi connectivity index (χ2n) is 5.00. The molecule has 1 atom stereocenters. The monoisotopic (exact) mass is 328 g/mol. The van der Waals surface area contributed by atoms with E-state index in [1.807, 2.05) is 0 Å². The Labute approximate surface area is 136 Å². The van der Waals surface area contributed by atoms with Gasteiger partial charge in [-0.15, -0.1) is 0 Å². The van der Waals surface area contributed by atoms with Crippen molar-refractivity contribution in [3.05, 3.63) is 76.5 Å². The minimum Gasteiger partial charge on any atom is -0.478 e. The standard InChI is InChI=1S/C16H13FN4O3/c1-11(24-15-4-2-7-18-16(15)21(22)23)13-10-12(17)5-6-14(13)20-9-3-8-19-20/h2-11H,1H3/t11-/m1/s1. The van der Waals surface area contributed by atoms with Crippen molar-refractivity contribution < 1.29 is 14.1 Å². The Balaban J connectivity index is 1.98. The Morgan fingerprint density at radius 2 is 2.12 bits per heavy atom. The largest absolute Gasteiger partial charge is 0.478 e. The Bertz CT molecular complexity index is 868. The van der Waals surface area contributed by atoms with Gasteiger partial charge in [0.25, 0.3) is 0 Å². The molecule has 0 N–H and O–H groups in total. The molecule has 0 aliphatic heterocycles. The lowest BCUT2D eigenvalue weighted by atomic mass is 10.1. The Morgan fingerprint density at radius 1 is 1.29 bits per heavy atom. The third kappa shape index (κ3) is 3.07. The summed E-state index contributed by atoms with van der Waals surface area (Å²) in [6.45, 7) is 1.68. The number of nitro groups is 1. The van der Waals surface area contributed by atoms with Gasteiger partial charge in [-0.3, -0.25) is 0 Å². The molecule has 0 fully saturated rings. The molecule has 8 heteroatoms. The van der Waals surface area contributed by atoms with Gasteiger partial charge in [0.1, 0.15) is 18.1 Å². The van der Waals surface area contributed by atoms with Crippen molar-refractivity contribution in [1.82, 2.24) is 14.8 Å². The van der Waals surface area contributed by atoms with Crippen molar-refractivity contribution in [2.75, 3.05) is 0 Å². The summed E-state index contributed by atoms with van der Waals surface area (Å²) in [5.41, 5.74) is 1.14. The number of benzene rings is 1. The summed E-state index contributed by atoms with van der Waals surface area (Å²) < 4.78 is 20.9. The first-order valence-electron chi connectivity index (χ1n) is 7.12. The van der Waals surface area contributed by atoms with Crippen LogP contribution in [0.3, 0.4) is 0 Å². The van der Waals surface area contributed by atoms with E-state index in [0.29, 0.717) is 11.3 Å². The molecule has 0 saturated heterocycles. The molecule has 1 aromatic carbocycles. The molecule has 3 aromatic rings. The van der Waals surface area contributed by atoms with Gasteiger partial charge in [-0.2, -0.15) is 5.10 Å². The lowest BCUT2D eigenvalue weighted by Crippen LogP contribution is -2.10. The van der Waals surface area contributed by atoms with E-state index in [-0.39, 0.29) is 11.6 Å². The quantitative estimate of drug-likeness (QED) is 0.529. The van der Waals surface area contributed by atoms with E-state index in [1.165, 1.54) is 30.5 Å². The number of hydrogen-bond acceptors (Lipinski definition) is 5. The zero-order valence-electron chi connectivity index (χ0n) is 12.7. The minimum atomic E-state index is -0.650. The van der Waals surface area contributed by atoms with Crippen LogP contribution in [0.5, 0.6) is 5.75 Å². The van der Waals surface area contributed by atoms with Crippen molar-refractivity contribution in [3.8, 4) is 11.4 Å². The van der Waals surface area contributed by atoms with Gasteiger partial charge in [-0.1, -0.05) is 0 Å². The summed E-state index contributed by atoms with van der Waals surface area (Å²) in [6, 6.07) is 8.95. The maximum absolute atomic E-state index is 13.7. The molecule has 0 radical (unpaired) electrons. The first kappa shape index (κ1) is 15.6. The van der Waals surface area contributed by atoms with Gasteiger partial charge in [0, 0.05) is 18.0 Å². The fourth-order valence-electron chi connectivity index (χ4n) is 2.34. The lowest BCUT2D eigenvalue weighted by molar-refractivity contribution is -0.390. The average Bonchev–Trinajstić information content (AvgIpc) is 3.09. The van der Waals surface area contributed by atoms with E-state index < -0.39 is 16.8 Å². The highest BCUT2D eigenvalue weighted by atomic mass is 19.1. The smallest absolute Gasteiger partial charge is 0.406 e. The SMILES string of the molecule is C[C@@H](Oc1cccnc1[N+](=O)[O-])c1cc(F)ccc1-n1cccn1. The summed E-state index contributed by atoms with van der Waals surface area (Å²) in [5.74, 6) is -0.802. The van der Waals surface area contributed by atoms with Crippen molar-refractivity contribution in [2.24, 2.45) is 0 Å². The molecule has 0 aliphatic carbocycles. The van der Waals surface area contributed by atoms with Gasteiger partial charge < -0.3 is 14.9 Å². The second-order valence-corrected chi connectivity index (χ2v) is 5.00. The molecule has 0 amide bonds. The highest BCUT2D eigenvalue weighted by Crippen LogP contribution is 2.31. The van der Waals surface area contributed by atoms with Crippen LogP contribution in [0.25, 0.3) is 5.69 Å². The number of pyridine rings is 1. The van der Waals surface area contributed by atoms with Gasteiger partial charge in [0.2, 0.25) is 5.75 Å². The molecule has 7 nitrogen and oxygen atoms in total. The van der Waals surface area contributed by atoms with Crippen LogP contribution in [0.15, 0.2) is 55.0 Å². The fraction of sp³-hybridized carbons (Fsp3) is 0.125. The predicted molar refractivity (Wildman–Crippen MR) is 83.5 cm³/mol. The fourth-order valence-corrected chi connectivity index (χ4v) is 2.34. The number of nitrogens with zero attached hydrogens (tertiary/aromatic N) is 4. The molecule has 0 unspecified atom stereocenters. The van der Waals surface area contributed by atoms with Crippen molar-refractivity contribution in [1.29, 1.82) is 0 Å². The van der Waals surface area contributed by atoms with Crippen LogP contribution in [0.2, 0.25) is 0 Å². The minimum absolute atomic E-state index is 0.0191. The molecular formula is C16H13FN4O3. The summed E-state index contributed by atoms with van der Waals surface area (Å²) in [7, 11) is 0. The van der Waals surface area contributed by atoms with Gasteiger partial charge >= 0.3 is 5.82 Å². The number of hydrogen-bond donors (Lipinski definition) is 0. The molecule has 24 heavy (non-hydrogen) atoms. The van der Waals surface area contributed by atoms with Gasteiger partial charge in [0.15, 0.2) is 0 Å². The Hall–Kier alpha value is -3.29. The topological polar surface area (TPSA) is 83.1 Å². The second kappa shape index (κ2) is 6.45.